The minimum absolute atomic E-state index is 0.147. The predicted molar refractivity (Wildman–Crippen MR) is 77.2 cm³/mol. The van der Waals surface area contributed by atoms with Gasteiger partial charge in [0.05, 0.1) is 0 Å². The van der Waals surface area contributed by atoms with Crippen molar-refractivity contribution in [1.82, 2.24) is 14.9 Å². The van der Waals surface area contributed by atoms with Gasteiger partial charge in [-0.2, -0.15) is 0 Å². The molecule has 0 radical (unpaired) electrons. The molecule has 1 aromatic heterocycles. The van der Waals surface area contributed by atoms with Crippen molar-refractivity contribution in [3.8, 4) is 5.75 Å². The first-order chi connectivity index (χ1) is 10.1. The van der Waals surface area contributed by atoms with Crippen LogP contribution in [0.5, 0.6) is 5.75 Å². The Bertz CT molecular complexity index is 704. The number of imidazole rings is 1. The van der Waals surface area contributed by atoms with E-state index in [1.54, 1.807) is 17.0 Å². The third-order valence-electron chi connectivity index (χ3n) is 3.83. The molecule has 2 aromatic rings. The quantitative estimate of drug-likeness (QED) is 0.790. The van der Waals surface area contributed by atoms with E-state index in [0.717, 1.165) is 18.4 Å². The van der Waals surface area contributed by atoms with Crippen LogP contribution in [-0.4, -0.2) is 39.0 Å². The minimum Gasteiger partial charge on any atom is -0.508 e. The molecule has 3 rings (SSSR count). The van der Waals surface area contributed by atoms with Gasteiger partial charge in [-0.25, -0.2) is 4.79 Å². The standard InChI is InChI=1S/C15H17N3O3/c19-12-3-1-2-10(7-12)6-11-4-5-18(9-11)14(20)13-8-16-15(21)17-13/h1-3,7-8,11,19H,4-6,9H2,(H2,16,17,21). The summed E-state index contributed by atoms with van der Waals surface area (Å²) in [5, 5.41) is 9.48. The Morgan fingerprint density at radius 2 is 2.29 bits per heavy atom. The third kappa shape index (κ3) is 2.99. The van der Waals surface area contributed by atoms with E-state index in [2.05, 4.69) is 9.97 Å². The maximum absolute atomic E-state index is 12.2. The smallest absolute Gasteiger partial charge is 0.323 e. The zero-order valence-corrected chi connectivity index (χ0v) is 11.5. The molecule has 0 spiro atoms. The summed E-state index contributed by atoms with van der Waals surface area (Å²) in [5.74, 6) is 0.497. The van der Waals surface area contributed by atoms with E-state index in [-0.39, 0.29) is 17.3 Å². The summed E-state index contributed by atoms with van der Waals surface area (Å²) < 4.78 is 0. The molecule has 1 saturated heterocycles. The van der Waals surface area contributed by atoms with Crippen LogP contribution in [-0.2, 0) is 6.42 Å². The van der Waals surface area contributed by atoms with Crippen molar-refractivity contribution < 1.29 is 9.90 Å². The summed E-state index contributed by atoms with van der Waals surface area (Å²) in [6.07, 6.45) is 3.17. The van der Waals surface area contributed by atoms with Crippen LogP contribution >= 0.6 is 0 Å². The largest absolute Gasteiger partial charge is 0.508 e. The third-order valence-corrected chi connectivity index (χ3v) is 3.83. The topological polar surface area (TPSA) is 89.2 Å². The number of phenols is 1. The Hall–Kier alpha value is -2.50. The van der Waals surface area contributed by atoms with Gasteiger partial charge in [0.2, 0.25) is 0 Å². The molecule has 1 aliphatic rings. The fourth-order valence-electron chi connectivity index (χ4n) is 2.82. The van der Waals surface area contributed by atoms with E-state index >= 15 is 0 Å². The molecule has 1 fully saturated rings. The van der Waals surface area contributed by atoms with Gasteiger partial charge in [0, 0.05) is 19.3 Å². The molecule has 1 amide bonds. The lowest BCUT2D eigenvalue weighted by atomic mass is 9.98. The van der Waals surface area contributed by atoms with Gasteiger partial charge < -0.3 is 20.0 Å². The molecule has 1 atom stereocenters. The van der Waals surface area contributed by atoms with E-state index in [0.29, 0.717) is 24.7 Å². The number of likely N-dealkylation sites (tertiary alicyclic amines) is 1. The number of phenolic OH excluding ortho intramolecular Hbond substituents is 1. The van der Waals surface area contributed by atoms with Crippen LogP contribution in [0.1, 0.15) is 22.5 Å². The number of nitrogens with one attached hydrogen (secondary N) is 2. The van der Waals surface area contributed by atoms with Crippen molar-refractivity contribution in [2.24, 2.45) is 5.92 Å². The lowest BCUT2D eigenvalue weighted by molar-refractivity contribution is 0.0781. The number of aromatic amines is 2. The maximum Gasteiger partial charge on any atom is 0.323 e. The van der Waals surface area contributed by atoms with Crippen molar-refractivity contribution in [1.29, 1.82) is 0 Å². The van der Waals surface area contributed by atoms with E-state index < -0.39 is 0 Å². The molecule has 6 heteroatoms. The Morgan fingerprint density at radius 3 is 3.00 bits per heavy atom. The van der Waals surface area contributed by atoms with Crippen molar-refractivity contribution in [2.75, 3.05) is 13.1 Å². The lowest BCUT2D eigenvalue weighted by Crippen LogP contribution is -2.29. The normalized spacial score (nSPS) is 18.1. The predicted octanol–water partition coefficient (Wildman–Crippen LogP) is 1.11. The molecule has 0 bridgehead atoms. The first-order valence-corrected chi connectivity index (χ1v) is 6.96. The van der Waals surface area contributed by atoms with E-state index in [1.807, 2.05) is 12.1 Å². The first-order valence-electron chi connectivity index (χ1n) is 6.96. The SMILES string of the molecule is O=C(c1c[nH]c(=O)[nH]1)N1CCC(Cc2cccc(O)c2)C1. The molecular weight excluding hydrogens is 270 g/mol. The van der Waals surface area contributed by atoms with E-state index in [4.69, 9.17) is 0 Å². The molecule has 110 valence electrons. The van der Waals surface area contributed by atoms with Crippen LogP contribution in [0.25, 0.3) is 0 Å². The Kier molecular flexibility index (Phi) is 3.51. The number of nitrogens with zero attached hydrogens (tertiary/aromatic N) is 1. The molecule has 1 aliphatic heterocycles. The highest BCUT2D eigenvalue weighted by Crippen LogP contribution is 2.23. The summed E-state index contributed by atoms with van der Waals surface area (Å²) in [4.78, 5) is 29.9. The van der Waals surface area contributed by atoms with Gasteiger partial charge in [0.25, 0.3) is 5.91 Å². The number of hydrogen-bond acceptors (Lipinski definition) is 3. The van der Waals surface area contributed by atoms with Crippen molar-refractivity contribution >= 4 is 5.91 Å². The summed E-state index contributed by atoms with van der Waals surface area (Å²) in [6.45, 7) is 1.36. The maximum atomic E-state index is 12.2. The van der Waals surface area contributed by atoms with Crippen molar-refractivity contribution in [2.45, 2.75) is 12.8 Å². The number of carbonyl (C=O) groups is 1. The van der Waals surface area contributed by atoms with Crippen LogP contribution in [0.2, 0.25) is 0 Å². The van der Waals surface area contributed by atoms with Gasteiger partial charge in [-0.1, -0.05) is 12.1 Å². The van der Waals surface area contributed by atoms with E-state index in [9.17, 15) is 14.7 Å². The average molecular weight is 287 g/mol. The van der Waals surface area contributed by atoms with Crippen molar-refractivity contribution in [3.63, 3.8) is 0 Å². The molecule has 1 unspecified atom stereocenters. The summed E-state index contributed by atoms with van der Waals surface area (Å²) in [5.41, 5.74) is 1.01. The van der Waals surface area contributed by atoms with Gasteiger partial charge in [-0.05, 0) is 36.5 Å². The number of benzene rings is 1. The zero-order valence-electron chi connectivity index (χ0n) is 11.5. The van der Waals surface area contributed by atoms with Crippen LogP contribution in [0.3, 0.4) is 0 Å². The van der Waals surface area contributed by atoms with Gasteiger partial charge in [-0.3, -0.25) is 4.79 Å². The number of hydrogen-bond donors (Lipinski definition) is 3. The Morgan fingerprint density at radius 1 is 1.43 bits per heavy atom. The van der Waals surface area contributed by atoms with Crippen LogP contribution < -0.4 is 5.69 Å². The molecule has 3 N–H and O–H groups in total. The summed E-state index contributed by atoms with van der Waals surface area (Å²) in [7, 11) is 0. The van der Waals surface area contributed by atoms with Gasteiger partial charge in [0.15, 0.2) is 0 Å². The zero-order chi connectivity index (χ0) is 14.8. The first kappa shape index (κ1) is 13.5. The molecule has 0 saturated carbocycles. The van der Waals surface area contributed by atoms with Crippen LogP contribution in [0.15, 0.2) is 35.3 Å². The number of rotatable bonds is 3. The molecular formula is C15H17N3O3. The fourth-order valence-corrected chi connectivity index (χ4v) is 2.82. The second-order valence-corrected chi connectivity index (χ2v) is 5.44. The monoisotopic (exact) mass is 287 g/mol. The number of H-pyrrole nitrogens is 2. The summed E-state index contributed by atoms with van der Waals surface area (Å²) in [6, 6.07) is 7.21. The van der Waals surface area contributed by atoms with Crippen molar-refractivity contribution in [3.05, 3.63) is 52.2 Å². The summed E-state index contributed by atoms with van der Waals surface area (Å²) >= 11 is 0. The number of carbonyl (C=O) groups excluding carboxylic acids is 1. The van der Waals surface area contributed by atoms with Crippen LogP contribution in [0.4, 0.5) is 0 Å². The molecule has 0 aliphatic carbocycles. The number of aromatic hydroxyl groups is 1. The number of amides is 1. The van der Waals surface area contributed by atoms with Crippen LogP contribution in [0, 0.1) is 5.92 Å². The average Bonchev–Trinajstić information content (AvgIpc) is 3.07. The Balaban J connectivity index is 1.63. The second-order valence-electron chi connectivity index (χ2n) is 5.44. The van der Waals surface area contributed by atoms with Gasteiger partial charge >= 0.3 is 5.69 Å². The highest BCUT2D eigenvalue weighted by Gasteiger charge is 2.27. The fraction of sp³-hybridized carbons (Fsp3) is 0.333. The molecule has 1 aromatic carbocycles. The molecule has 6 nitrogen and oxygen atoms in total. The highest BCUT2D eigenvalue weighted by molar-refractivity contribution is 5.92. The second kappa shape index (κ2) is 5.47. The van der Waals surface area contributed by atoms with E-state index in [1.165, 1.54) is 6.20 Å². The Labute approximate surface area is 121 Å². The molecule has 2 heterocycles. The van der Waals surface area contributed by atoms with Gasteiger partial charge in [0.1, 0.15) is 11.4 Å². The lowest BCUT2D eigenvalue weighted by Gasteiger charge is -2.15. The number of aromatic nitrogens is 2. The highest BCUT2D eigenvalue weighted by atomic mass is 16.3. The molecule has 21 heavy (non-hydrogen) atoms. The minimum atomic E-state index is -0.367. The van der Waals surface area contributed by atoms with Gasteiger partial charge in [-0.15, -0.1) is 0 Å².